The van der Waals surface area contributed by atoms with E-state index in [9.17, 15) is 30.7 Å². The molecule has 3 rings (SSSR count). The van der Waals surface area contributed by atoms with Crippen molar-refractivity contribution in [3.8, 4) is 28.9 Å². The van der Waals surface area contributed by atoms with Crippen molar-refractivity contribution in [2.75, 3.05) is 0 Å². The predicted molar refractivity (Wildman–Crippen MR) is 105 cm³/mol. The lowest BCUT2D eigenvalue weighted by molar-refractivity contribution is -0.274. The third kappa shape index (κ3) is 7.30. The van der Waals surface area contributed by atoms with Crippen molar-refractivity contribution in [3.63, 3.8) is 0 Å². The van der Waals surface area contributed by atoms with E-state index in [1.54, 1.807) is 0 Å². The van der Waals surface area contributed by atoms with Gasteiger partial charge in [-0.2, -0.15) is 17.6 Å². The lowest BCUT2D eigenvalue weighted by atomic mass is 10.1. The van der Waals surface area contributed by atoms with Gasteiger partial charge in [0.1, 0.15) is 11.5 Å². The first-order valence-electron chi connectivity index (χ1n) is 9.17. The van der Waals surface area contributed by atoms with Crippen LogP contribution in [0.2, 0.25) is 0 Å². The summed E-state index contributed by atoms with van der Waals surface area (Å²) in [5.74, 6) is -1.37. The molecule has 2 aromatic carbocycles. The molecule has 1 unspecified atom stereocenters. The Kier molecular flexibility index (Phi) is 7.92. The third-order valence-corrected chi connectivity index (χ3v) is 4.53. The Morgan fingerprint density at radius 2 is 1.32 bits per heavy atom. The van der Waals surface area contributed by atoms with Gasteiger partial charge in [0.05, 0.1) is 5.38 Å². The molecular weight excluding hydrogens is 499 g/mol. The summed E-state index contributed by atoms with van der Waals surface area (Å²) in [7, 11) is 0. The molecule has 0 aliphatic rings. The molecule has 5 nitrogen and oxygen atoms in total. The summed E-state index contributed by atoms with van der Waals surface area (Å²) in [6, 6.07) is 10.9. The third-order valence-electron chi connectivity index (χ3n) is 4.02. The molecule has 13 heteroatoms. The Morgan fingerprint density at radius 3 is 1.88 bits per heavy atom. The van der Waals surface area contributed by atoms with Crippen molar-refractivity contribution in [1.82, 2.24) is 4.98 Å². The highest BCUT2D eigenvalue weighted by molar-refractivity contribution is 6.22. The van der Waals surface area contributed by atoms with E-state index < -0.39 is 42.2 Å². The van der Waals surface area contributed by atoms with Crippen molar-refractivity contribution in [2.24, 2.45) is 0 Å². The molecule has 0 N–H and O–H groups in total. The highest BCUT2D eigenvalue weighted by atomic mass is 35.5. The van der Waals surface area contributed by atoms with E-state index in [2.05, 4.69) is 19.2 Å². The highest BCUT2D eigenvalue weighted by Gasteiger charge is 2.31. The lowest BCUT2D eigenvalue weighted by Gasteiger charge is -2.16. The minimum Gasteiger partial charge on any atom is -0.439 e. The predicted octanol–water partition coefficient (Wildman–Crippen LogP) is 7.30. The summed E-state index contributed by atoms with van der Waals surface area (Å²) < 4.78 is 104. The maximum atomic E-state index is 12.6. The number of rotatable bonds is 9. The zero-order valence-corrected chi connectivity index (χ0v) is 17.4. The molecule has 0 aliphatic heterocycles. The summed E-state index contributed by atoms with van der Waals surface area (Å²) in [4.78, 5) is 4.04. The fourth-order valence-electron chi connectivity index (χ4n) is 2.69. The molecule has 0 amide bonds. The van der Waals surface area contributed by atoms with E-state index in [0.717, 1.165) is 24.3 Å². The van der Waals surface area contributed by atoms with E-state index in [1.165, 1.54) is 36.5 Å². The monoisotopic (exact) mass is 511 g/mol. The van der Waals surface area contributed by atoms with Crippen molar-refractivity contribution >= 4 is 11.6 Å². The number of pyridine rings is 1. The van der Waals surface area contributed by atoms with E-state index in [4.69, 9.17) is 16.3 Å². The van der Waals surface area contributed by atoms with Crippen LogP contribution >= 0.6 is 11.6 Å². The minimum atomic E-state index is -4.82. The molecule has 0 saturated carbocycles. The van der Waals surface area contributed by atoms with Gasteiger partial charge in [0.15, 0.2) is 11.5 Å². The second-order valence-corrected chi connectivity index (χ2v) is 6.81. The number of benzene rings is 2. The van der Waals surface area contributed by atoms with Gasteiger partial charge >= 0.3 is 19.6 Å². The first kappa shape index (κ1) is 25.2. The average molecular weight is 512 g/mol. The van der Waals surface area contributed by atoms with Crippen LogP contribution in [0, 0.1) is 0 Å². The maximum absolute atomic E-state index is 12.6. The number of nitrogens with zero attached hydrogens (tertiary/aromatic N) is 1. The number of hydrogen-bond donors (Lipinski definition) is 0. The number of hydrogen-bond acceptors (Lipinski definition) is 5. The topological polar surface area (TPSA) is 49.8 Å². The van der Waals surface area contributed by atoms with Crippen molar-refractivity contribution < 1.29 is 49.7 Å². The molecule has 0 saturated heterocycles. The molecule has 1 heterocycles. The van der Waals surface area contributed by atoms with Gasteiger partial charge in [-0.1, -0.05) is 12.1 Å². The summed E-state index contributed by atoms with van der Waals surface area (Å²) in [6.45, 7) is -6.53. The molecule has 3 aromatic rings. The molecule has 0 aliphatic carbocycles. The number of halogens is 8. The quantitative estimate of drug-likeness (QED) is 0.223. The van der Waals surface area contributed by atoms with Crippen LogP contribution in [0.5, 0.6) is 28.9 Å². The number of aromatic nitrogens is 1. The van der Waals surface area contributed by atoms with Crippen LogP contribution in [0.3, 0.4) is 0 Å². The van der Waals surface area contributed by atoms with E-state index in [0.29, 0.717) is 5.56 Å². The van der Waals surface area contributed by atoms with Crippen LogP contribution in [-0.4, -0.2) is 24.6 Å². The van der Waals surface area contributed by atoms with Crippen LogP contribution < -0.4 is 18.9 Å². The number of alkyl halides is 8. The summed E-state index contributed by atoms with van der Waals surface area (Å²) >= 11 is 6.36. The Bertz CT molecular complexity index is 1080. The van der Waals surface area contributed by atoms with Crippen LogP contribution in [-0.2, 0) is 0 Å². The smallest absolute Gasteiger partial charge is 0.439 e. The molecule has 1 aromatic heterocycles. The Morgan fingerprint density at radius 1 is 0.735 bits per heavy atom. The van der Waals surface area contributed by atoms with Gasteiger partial charge in [-0.25, -0.2) is 4.98 Å². The zero-order chi connectivity index (χ0) is 24.9. The molecule has 0 radical (unpaired) electrons. The lowest BCUT2D eigenvalue weighted by Crippen LogP contribution is -2.16. The molecule has 1 atom stereocenters. The highest BCUT2D eigenvalue weighted by Crippen LogP contribution is 2.37. The van der Waals surface area contributed by atoms with Gasteiger partial charge in [-0.05, 0) is 47.5 Å². The second-order valence-electron chi connectivity index (χ2n) is 6.38. The molecule has 34 heavy (non-hydrogen) atoms. The van der Waals surface area contributed by atoms with E-state index >= 15 is 0 Å². The van der Waals surface area contributed by atoms with Gasteiger partial charge in [0.2, 0.25) is 5.88 Å². The van der Waals surface area contributed by atoms with Crippen LogP contribution in [0.15, 0.2) is 60.8 Å². The standard InChI is InChI=1S/C21H13ClF7NO4/c22-18(11-1-7-15(32-19(23)24)16(9-11)33-20(25)26)12-2-8-17(30-10-12)31-13-3-5-14(6-4-13)34-21(27,28)29/h1-10,18-20H. The molecule has 0 fully saturated rings. The fourth-order valence-corrected chi connectivity index (χ4v) is 2.95. The van der Waals surface area contributed by atoms with Crippen LogP contribution in [0.4, 0.5) is 30.7 Å². The Hall–Kier alpha value is -3.41. The molecule has 182 valence electrons. The van der Waals surface area contributed by atoms with E-state index in [1.807, 2.05) is 0 Å². The molecular formula is C21H13ClF7NO4. The Labute approximate surface area is 192 Å². The minimum absolute atomic E-state index is 0.0829. The SMILES string of the molecule is FC(F)Oc1ccc(C(Cl)c2ccc(Oc3ccc(OC(F)(F)F)cc3)nc2)cc1OC(F)F. The molecule has 0 spiro atoms. The molecule has 0 bridgehead atoms. The van der Waals surface area contributed by atoms with Gasteiger partial charge < -0.3 is 18.9 Å². The Balaban J connectivity index is 1.71. The van der Waals surface area contributed by atoms with Gasteiger partial charge in [-0.3, -0.25) is 0 Å². The second kappa shape index (κ2) is 10.7. The largest absolute Gasteiger partial charge is 0.573 e. The first-order chi connectivity index (χ1) is 16.0. The first-order valence-corrected chi connectivity index (χ1v) is 9.61. The summed E-state index contributed by atoms with van der Waals surface area (Å²) in [5, 5.41) is -0.930. The summed E-state index contributed by atoms with van der Waals surface area (Å²) in [6.07, 6.45) is -3.51. The van der Waals surface area contributed by atoms with Crippen LogP contribution in [0.1, 0.15) is 16.5 Å². The average Bonchev–Trinajstić information content (AvgIpc) is 2.75. The van der Waals surface area contributed by atoms with Crippen molar-refractivity contribution in [3.05, 3.63) is 71.9 Å². The van der Waals surface area contributed by atoms with Crippen molar-refractivity contribution in [2.45, 2.75) is 25.0 Å². The fraction of sp³-hybridized carbons (Fsp3) is 0.190. The van der Waals surface area contributed by atoms with Gasteiger partial charge in [0.25, 0.3) is 0 Å². The zero-order valence-electron chi connectivity index (χ0n) is 16.6. The van der Waals surface area contributed by atoms with Crippen LogP contribution in [0.25, 0.3) is 0 Å². The normalized spacial score (nSPS) is 12.5. The van der Waals surface area contributed by atoms with Gasteiger partial charge in [0, 0.05) is 12.3 Å². The maximum Gasteiger partial charge on any atom is 0.573 e. The van der Waals surface area contributed by atoms with Gasteiger partial charge in [-0.15, -0.1) is 24.8 Å². The summed E-state index contributed by atoms with van der Waals surface area (Å²) in [5.41, 5.74) is 0.628. The number of ether oxygens (including phenoxy) is 4. The van der Waals surface area contributed by atoms with Crippen molar-refractivity contribution in [1.29, 1.82) is 0 Å². The van der Waals surface area contributed by atoms with E-state index in [-0.39, 0.29) is 17.2 Å².